The van der Waals surface area contributed by atoms with Crippen LogP contribution in [0.5, 0.6) is 0 Å². The highest BCUT2D eigenvalue weighted by Crippen LogP contribution is 2.37. The molecule has 1 saturated carbocycles. The topological polar surface area (TPSA) is 45.2 Å². The molecular weight excluding hydrogens is 413 g/mol. The Labute approximate surface area is 187 Å². The number of benzene rings is 2. The summed E-state index contributed by atoms with van der Waals surface area (Å²) in [6, 6.07) is 14.3. The van der Waals surface area contributed by atoms with Crippen LogP contribution in [0.4, 0.5) is 9.18 Å². The molecule has 0 unspecified atom stereocenters. The van der Waals surface area contributed by atoms with Crippen LogP contribution in [0.3, 0.4) is 0 Å². The van der Waals surface area contributed by atoms with Gasteiger partial charge in [-0.1, -0.05) is 23.7 Å². The van der Waals surface area contributed by atoms with Gasteiger partial charge in [0.25, 0.3) is 0 Å². The molecule has 1 heterocycles. The second-order valence-electron chi connectivity index (χ2n) is 8.40. The first-order chi connectivity index (χ1) is 14.9. The number of rotatable bonds is 4. The van der Waals surface area contributed by atoms with Gasteiger partial charge in [-0.15, -0.1) is 0 Å². The van der Waals surface area contributed by atoms with E-state index >= 15 is 0 Å². The van der Waals surface area contributed by atoms with Crippen molar-refractivity contribution < 1.29 is 9.18 Å². The Bertz CT molecular complexity index is 1060. The minimum atomic E-state index is -0.235. The number of amides is 2. The van der Waals surface area contributed by atoms with E-state index in [-0.39, 0.29) is 23.9 Å². The molecule has 1 N–H and O–H groups in total. The van der Waals surface area contributed by atoms with Crippen LogP contribution in [0.2, 0.25) is 5.02 Å². The second-order valence-corrected chi connectivity index (χ2v) is 8.84. The second kappa shape index (κ2) is 9.23. The molecule has 1 fully saturated rings. The number of hydrogen-bond donors (Lipinski definition) is 1. The van der Waals surface area contributed by atoms with Crippen molar-refractivity contribution in [2.45, 2.75) is 50.6 Å². The van der Waals surface area contributed by atoms with Crippen LogP contribution >= 0.6 is 11.6 Å². The monoisotopic (exact) mass is 439 g/mol. The van der Waals surface area contributed by atoms with Crippen LogP contribution in [-0.2, 0) is 0 Å². The first-order valence-corrected chi connectivity index (χ1v) is 11.1. The van der Waals surface area contributed by atoms with Gasteiger partial charge in [-0.3, -0.25) is 4.98 Å². The zero-order chi connectivity index (χ0) is 22.0. The number of nitrogens with zero attached hydrogens (tertiary/aromatic N) is 2. The van der Waals surface area contributed by atoms with E-state index in [1.54, 1.807) is 18.3 Å². The standard InChI is InChI=1S/C25H27ClFN3O/c1-16(17-3-7-19(26)8-4-17)29-25(31)30(2)21-10-5-18(6-11-21)22-13-14-28-24-12-9-20(27)15-23(22)24/h3-4,7-9,12-16,18,21H,5-6,10-11H2,1-2H3,(H,29,31)/t16-,18?,21?/m0/s1. The predicted octanol–water partition coefficient (Wildman–Crippen LogP) is 6.46. The summed E-state index contributed by atoms with van der Waals surface area (Å²) in [7, 11) is 1.87. The molecule has 0 bridgehead atoms. The summed E-state index contributed by atoms with van der Waals surface area (Å²) in [5.74, 6) is 0.120. The van der Waals surface area contributed by atoms with Gasteiger partial charge >= 0.3 is 6.03 Å². The Morgan fingerprint density at radius 1 is 1.13 bits per heavy atom. The van der Waals surface area contributed by atoms with Gasteiger partial charge in [0.05, 0.1) is 11.6 Å². The normalized spacial score (nSPS) is 19.7. The van der Waals surface area contributed by atoms with E-state index in [0.29, 0.717) is 10.9 Å². The van der Waals surface area contributed by atoms with Crippen molar-refractivity contribution in [2.75, 3.05) is 7.05 Å². The highest BCUT2D eigenvalue weighted by atomic mass is 35.5. The fraction of sp³-hybridized carbons (Fsp3) is 0.360. The van der Waals surface area contributed by atoms with Gasteiger partial charge in [0.2, 0.25) is 0 Å². The number of nitrogens with one attached hydrogen (secondary N) is 1. The maximum Gasteiger partial charge on any atom is 0.317 e. The molecule has 0 saturated heterocycles. The molecule has 1 aromatic heterocycles. The fourth-order valence-corrected chi connectivity index (χ4v) is 4.68. The first-order valence-electron chi connectivity index (χ1n) is 10.8. The van der Waals surface area contributed by atoms with Gasteiger partial charge in [0.15, 0.2) is 0 Å². The lowest BCUT2D eigenvalue weighted by atomic mass is 9.80. The quantitative estimate of drug-likeness (QED) is 0.507. The van der Waals surface area contributed by atoms with Crippen molar-refractivity contribution in [2.24, 2.45) is 0 Å². The van der Waals surface area contributed by atoms with E-state index in [1.807, 2.05) is 49.2 Å². The third-order valence-electron chi connectivity index (χ3n) is 6.45. The summed E-state index contributed by atoms with van der Waals surface area (Å²) in [5, 5.41) is 4.66. The maximum absolute atomic E-state index is 13.8. The van der Waals surface area contributed by atoms with Crippen molar-refractivity contribution >= 4 is 28.5 Å². The fourth-order valence-electron chi connectivity index (χ4n) is 4.56. The van der Waals surface area contributed by atoms with Crippen molar-refractivity contribution in [3.63, 3.8) is 0 Å². The summed E-state index contributed by atoms with van der Waals surface area (Å²) in [6.45, 7) is 1.97. The molecule has 0 spiro atoms. The highest BCUT2D eigenvalue weighted by Gasteiger charge is 2.28. The Kier molecular flexibility index (Phi) is 6.42. The molecular formula is C25H27ClFN3O. The number of carbonyl (C=O) groups is 1. The summed E-state index contributed by atoms with van der Waals surface area (Å²) in [6.07, 6.45) is 5.57. The molecule has 162 valence electrons. The number of halogens is 2. The third kappa shape index (κ3) is 4.82. The van der Waals surface area contributed by atoms with Crippen molar-refractivity contribution in [1.82, 2.24) is 15.2 Å². The number of hydrogen-bond acceptors (Lipinski definition) is 2. The number of fused-ring (bicyclic) bond motifs is 1. The van der Waals surface area contributed by atoms with E-state index in [1.165, 1.54) is 6.07 Å². The van der Waals surface area contributed by atoms with Crippen LogP contribution in [0.1, 0.15) is 55.7 Å². The average Bonchev–Trinajstić information content (AvgIpc) is 2.78. The minimum absolute atomic E-state index is 0.0673. The Morgan fingerprint density at radius 3 is 2.55 bits per heavy atom. The third-order valence-corrected chi connectivity index (χ3v) is 6.70. The Hall–Kier alpha value is -2.66. The molecule has 0 radical (unpaired) electrons. The van der Waals surface area contributed by atoms with Gasteiger partial charge < -0.3 is 10.2 Å². The highest BCUT2D eigenvalue weighted by molar-refractivity contribution is 6.30. The lowest BCUT2D eigenvalue weighted by Crippen LogP contribution is -2.45. The Balaban J connectivity index is 1.38. The summed E-state index contributed by atoms with van der Waals surface area (Å²) in [4.78, 5) is 19.0. The number of urea groups is 1. The molecule has 6 heteroatoms. The SMILES string of the molecule is C[C@H](NC(=O)N(C)C1CCC(c2ccnc3ccc(F)cc23)CC1)c1ccc(Cl)cc1. The zero-order valence-corrected chi connectivity index (χ0v) is 18.6. The van der Waals surface area contributed by atoms with Gasteiger partial charge in [-0.05, 0) is 86.1 Å². The molecule has 4 nitrogen and oxygen atoms in total. The van der Waals surface area contributed by atoms with Crippen LogP contribution in [0.25, 0.3) is 10.9 Å². The predicted molar refractivity (Wildman–Crippen MR) is 123 cm³/mol. The summed E-state index contributed by atoms with van der Waals surface area (Å²) >= 11 is 5.95. The summed E-state index contributed by atoms with van der Waals surface area (Å²) in [5.41, 5.74) is 3.01. The van der Waals surface area contributed by atoms with Crippen LogP contribution in [-0.4, -0.2) is 29.0 Å². The first kappa shape index (κ1) is 21.6. The van der Waals surface area contributed by atoms with Crippen molar-refractivity contribution in [1.29, 1.82) is 0 Å². The van der Waals surface area contributed by atoms with E-state index in [4.69, 9.17) is 11.6 Å². The van der Waals surface area contributed by atoms with Crippen molar-refractivity contribution in [3.05, 3.63) is 76.7 Å². The van der Waals surface area contributed by atoms with E-state index in [0.717, 1.165) is 47.7 Å². The lowest BCUT2D eigenvalue weighted by Gasteiger charge is -2.35. The van der Waals surface area contributed by atoms with E-state index in [9.17, 15) is 9.18 Å². The van der Waals surface area contributed by atoms with E-state index < -0.39 is 0 Å². The molecule has 4 rings (SSSR count). The number of carbonyl (C=O) groups excluding carboxylic acids is 1. The van der Waals surface area contributed by atoms with Crippen LogP contribution < -0.4 is 5.32 Å². The maximum atomic E-state index is 13.8. The molecule has 1 atom stereocenters. The zero-order valence-electron chi connectivity index (χ0n) is 17.8. The average molecular weight is 440 g/mol. The van der Waals surface area contributed by atoms with Gasteiger partial charge in [-0.2, -0.15) is 0 Å². The number of aromatic nitrogens is 1. The number of pyridine rings is 1. The molecule has 2 amide bonds. The van der Waals surface area contributed by atoms with Gasteiger partial charge in [-0.25, -0.2) is 9.18 Å². The van der Waals surface area contributed by atoms with Gasteiger partial charge in [0, 0.05) is 29.7 Å². The van der Waals surface area contributed by atoms with E-state index in [2.05, 4.69) is 10.3 Å². The molecule has 0 aliphatic heterocycles. The largest absolute Gasteiger partial charge is 0.331 e. The van der Waals surface area contributed by atoms with Crippen LogP contribution in [0, 0.1) is 5.82 Å². The van der Waals surface area contributed by atoms with Crippen LogP contribution in [0.15, 0.2) is 54.7 Å². The van der Waals surface area contributed by atoms with Crippen molar-refractivity contribution in [3.8, 4) is 0 Å². The molecule has 1 aliphatic rings. The molecule has 2 aromatic carbocycles. The smallest absolute Gasteiger partial charge is 0.317 e. The lowest BCUT2D eigenvalue weighted by molar-refractivity contribution is 0.167. The molecule has 1 aliphatic carbocycles. The van der Waals surface area contributed by atoms with Gasteiger partial charge in [0.1, 0.15) is 5.82 Å². The minimum Gasteiger partial charge on any atom is -0.331 e. The molecule has 31 heavy (non-hydrogen) atoms. The Morgan fingerprint density at radius 2 is 1.84 bits per heavy atom. The summed E-state index contributed by atoms with van der Waals surface area (Å²) < 4.78 is 13.8. The molecule has 3 aromatic rings.